The molecular formula is C60H42N2Si. The molecule has 12 rings (SSSR count). The normalized spacial score (nSPS) is 11.8. The monoisotopic (exact) mass is 818 g/mol. The molecule has 0 fully saturated rings. The molecule has 0 saturated heterocycles. The Morgan fingerprint density at radius 2 is 0.651 bits per heavy atom. The van der Waals surface area contributed by atoms with E-state index in [1.54, 1.807) is 0 Å². The minimum absolute atomic E-state index is 1.14. The van der Waals surface area contributed by atoms with Gasteiger partial charge in [-0.25, -0.2) is 0 Å². The third-order valence-corrected chi connectivity index (χ3v) is 17.8. The van der Waals surface area contributed by atoms with Gasteiger partial charge in [-0.05, 0) is 85.5 Å². The van der Waals surface area contributed by atoms with Crippen molar-refractivity contribution in [3.05, 3.63) is 255 Å². The van der Waals surface area contributed by atoms with Gasteiger partial charge in [0.25, 0.3) is 0 Å². The van der Waals surface area contributed by atoms with E-state index in [0.29, 0.717) is 0 Å². The van der Waals surface area contributed by atoms with Gasteiger partial charge < -0.3 is 9.13 Å². The van der Waals surface area contributed by atoms with Crippen LogP contribution in [-0.2, 0) is 0 Å². The molecule has 0 aliphatic carbocycles. The predicted octanol–water partition coefficient (Wildman–Crippen LogP) is 12.6. The van der Waals surface area contributed by atoms with Crippen molar-refractivity contribution in [3.63, 3.8) is 0 Å². The smallest absolute Gasteiger partial charge is 0.179 e. The van der Waals surface area contributed by atoms with Gasteiger partial charge in [0.2, 0.25) is 0 Å². The molecule has 0 amide bonds. The summed E-state index contributed by atoms with van der Waals surface area (Å²) in [5, 5.41) is 10.5. The van der Waals surface area contributed by atoms with Gasteiger partial charge in [-0.2, -0.15) is 0 Å². The van der Waals surface area contributed by atoms with E-state index in [4.69, 9.17) is 0 Å². The molecule has 0 atom stereocenters. The van der Waals surface area contributed by atoms with Crippen molar-refractivity contribution in [2.24, 2.45) is 0 Å². The van der Waals surface area contributed by atoms with Gasteiger partial charge in [0, 0.05) is 32.9 Å². The fourth-order valence-corrected chi connectivity index (χ4v) is 15.0. The summed E-state index contributed by atoms with van der Waals surface area (Å²) in [6.45, 7) is 0. The minimum atomic E-state index is -2.74. The Balaban J connectivity index is 1.05. The van der Waals surface area contributed by atoms with Gasteiger partial charge in [-0.1, -0.05) is 212 Å². The summed E-state index contributed by atoms with van der Waals surface area (Å²) in [7, 11) is -2.74. The maximum Gasteiger partial charge on any atom is 0.179 e. The van der Waals surface area contributed by atoms with E-state index in [9.17, 15) is 0 Å². The van der Waals surface area contributed by atoms with Crippen molar-refractivity contribution >= 4 is 72.4 Å². The van der Waals surface area contributed by atoms with Crippen LogP contribution in [0.4, 0.5) is 0 Å². The molecule has 296 valence electrons. The number of fused-ring (bicyclic) bond motifs is 6. The van der Waals surface area contributed by atoms with Gasteiger partial charge in [0.15, 0.2) is 8.07 Å². The zero-order valence-electron chi connectivity index (χ0n) is 34.6. The molecule has 10 aromatic carbocycles. The zero-order chi connectivity index (χ0) is 41.7. The topological polar surface area (TPSA) is 9.86 Å². The first-order chi connectivity index (χ1) is 31.3. The summed E-state index contributed by atoms with van der Waals surface area (Å²) in [5.41, 5.74) is 11.9. The van der Waals surface area contributed by atoms with Crippen molar-refractivity contribution in [1.82, 2.24) is 9.13 Å². The van der Waals surface area contributed by atoms with Crippen molar-refractivity contribution in [3.8, 4) is 33.6 Å². The van der Waals surface area contributed by atoms with Crippen LogP contribution < -0.4 is 20.7 Å². The Morgan fingerprint density at radius 3 is 1.25 bits per heavy atom. The highest BCUT2D eigenvalue weighted by molar-refractivity contribution is 7.20. The molecule has 0 aliphatic heterocycles. The largest absolute Gasteiger partial charge is 0.309 e. The van der Waals surface area contributed by atoms with Crippen LogP contribution in [0.5, 0.6) is 0 Å². The summed E-state index contributed by atoms with van der Waals surface area (Å²) in [4.78, 5) is 0. The van der Waals surface area contributed by atoms with Crippen molar-refractivity contribution in [1.29, 1.82) is 0 Å². The lowest BCUT2D eigenvalue weighted by molar-refractivity contribution is 1.15. The average molecular weight is 819 g/mol. The van der Waals surface area contributed by atoms with Crippen LogP contribution in [0.2, 0.25) is 0 Å². The van der Waals surface area contributed by atoms with Crippen LogP contribution in [0.15, 0.2) is 255 Å². The molecule has 3 heteroatoms. The highest BCUT2D eigenvalue weighted by atomic mass is 28.3. The lowest BCUT2D eigenvalue weighted by Crippen LogP contribution is -2.74. The van der Waals surface area contributed by atoms with Crippen LogP contribution in [0.1, 0.15) is 0 Å². The van der Waals surface area contributed by atoms with Gasteiger partial charge >= 0.3 is 0 Å². The fraction of sp³-hybridized carbons (Fsp3) is 0. The molecule has 2 nitrogen and oxygen atoms in total. The first kappa shape index (κ1) is 36.8. The Bertz CT molecular complexity index is 3490. The first-order valence-electron chi connectivity index (χ1n) is 21.8. The van der Waals surface area contributed by atoms with Gasteiger partial charge in [0.05, 0.1) is 22.1 Å². The van der Waals surface area contributed by atoms with E-state index in [2.05, 4.69) is 264 Å². The van der Waals surface area contributed by atoms with E-state index in [0.717, 1.165) is 11.4 Å². The average Bonchev–Trinajstić information content (AvgIpc) is 3.88. The maximum absolute atomic E-state index is 2.74. The highest BCUT2D eigenvalue weighted by Crippen LogP contribution is 2.38. The number of hydrogen-bond donors (Lipinski definition) is 0. The Labute approximate surface area is 368 Å². The third kappa shape index (κ3) is 6.00. The van der Waals surface area contributed by atoms with E-state index >= 15 is 0 Å². The molecule has 12 aromatic rings. The van der Waals surface area contributed by atoms with E-state index in [1.165, 1.54) is 86.6 Å². The summed E-state index contributed by atoms with van der Waals surface area (Å²) in [6.07, 6.45) is 0. The number of benzene rings is 10. The van der Waals surface area contributed by atoms with Gasteiger partial charge in [-0.15, -0.1) is 0 Å². The Kier molecular flexibility index (Phi) is 8.87. The summed E-state index contributed by atoms with van der Waals surface area (Å²) in [5.74, 6) is 0. The molecule has 0 bridgehead atoms. The molecule has 0 saturated carbocycles. The standard InChI is InChI=1S/C60H42N2Si/c1-5-18-43(19-6-1)44-32-34-45(35-33-44)46-20-17-21-47(40-46)62-57-30-15-13-28-53(57)55-38-36-48(41-60(55)62)61-58-31-16-14-29-54(58)56-42-52(37-39-59(56)61)63(49-22-7-2-8-23-49,50-24-9-3-10-25-50)51-26-11-4-12-27-51/h1-42H. The molecule has 63 heavy (non-hydrogen) atoms. The van der Waals surface area contributed by atoms with E-state index < -0.39 is 8.07 Å². The van der Waals surface area contributed by atoms with E-state index in [1.807, 2.05) is 0 Å². The predicted molar refractivity (Wildman–Crippen MR) is 270 cm³/mol. The van der Waals surface area contributed by atoms with Crippen molar-refractivity contribution < 1.29 is 0 Å². The first-order valence-corrected chi connectivity index (χ1v) is 23.8. The summed E-state index contributed by atoms with van der Waals surface area (Å²) >= 11 is 0. The minimum Gasteiger partial charge on any atom is -0.309 e. The highest BCUT2D eigenvalue weighted by Gasteiger charge is 2.41. The Morgan fingerprint density at radius 1 is 0.222 bits per heavy atom. The van der Waals surface area contributed by atoms with E-state index in [-0.39, 0.29) is 0 Å². The van der Waals surface area contributed by atoms with Crippen molar-refractivity contribution in [2.75, 3.05) is 0 Å². The molecule has 2 heterocycles. The quantitative estimate of drug-likeness (QED) is 0.107. The van der Waals surface area contributed by atoms with Crippen LogP contribution in [-0.4, -0.2) is 17.2 Å². The summed E-state index contributed by atoms with van der Waals surface area (Å²) < 4.78 is 4.92. The van der Waals surface area contributed by atoms with Gasteiger partial charge in [0.1, 0.15) is 0 Å². The Hall–Kier alpha value is -7.98. The SMILES string of the molecule is c1ccc(-c2ccc(-c3cccc(-n4c5ccccc5c5ccc(-n6c7ccccc7c7cc([Si](c8ccccc8)(c8ccccc8)c8ccccc8)ccc76)cc54)c3)cc2)cc1. The molecule has 0 N–H and O–H groups in total. The molecule has 0 radical (unpaired) electrons. The maximum atomic E-state index is 2.51. The number of aromatic nitrogens is 2. The van der Waals surface area contributed by atoms with Gasteiger partial charge in [-0.3, -0.25) is 0 Å². The number of rotatable bonds is 8. The molecule has 0 aliphatic rings. The second-order valence-electron chi connectivity index (χ2n) is 16.5. The second kappa shape index (κ2) is 15.2. The van der Waals surface area contributed by atoms with Crippen LogP contribution in [0.3, 0.4) is 0 Å². The number of hydrogen-bond acceptors (Lipinski definition) is 0. The second-order valence-corrected chi connectivity index (χ2v) is 20.3. The molecule has 0 unspecified atom stereocenters. The third-order valence-electron chi connectivity index (χ3n) is 13.1. The molecule has 0 spiro atoms. The lowest BCUT2D eigenvalue weighted by Gasteiger charge is -2.34. The fourth-order valence-electron chi connectivity index (χ4n) is 10.2. The molecule has 2 aromatic heterocycles. The summed E-state index contributed by atoms with van der Waals surface area (Å²) in [6, 6.07) is 94.2. The number of nitrogens with zero attached hydrogens (tertiary/aromatic N) is 2. The van der Waals surface area contributed by atoms with Crippen LogP contribution in [0, 0.1) is 0 Å². The molecular weight excluding hydrogens is 777 g/mol. The number of para-hydroxylation sites is 2. The van der Waals surface area contributed by atoms with Crippen LogP contribution >= 0.6 is 0 Å². The van der Waals surface area contributed by atoms with Crippen LogP contribution in [0.25, 0.3) is 77.2 Å². The van der Waals surface area contributed by atoms with Crippen molar-refractivity contribution in [2.45, 2.75) is 0 Å². The zero-order valence-corrected chi connectivity index (χ0v) is 35.6. The lowest BCUT2D eigenvalue weighted by atomic mass is 10.00.